The highest BCUT2D eigenvalue weighted by atomic mass is 16.6. The number of benzene rings is 2. The van der Waals surface area contributed by atoms with E-state index in [1.54, 1.807) is 7.11 Å². The van der Waals surface area contributed by atoms with Crippen molar-refractivity contribution in [2.75, 3.05) is 27.3 Å². The standard InChI is InChI=1S/C21H23N3O5/c1-22-20(25)13-28-21(26)23-11-5-6-14-12-18(24-29-14)16-9-10-19(27-2)17-8-4-3-7-15(16)17/h3-4,7-10,12H,5-6,11,13H2,1-2H3,(H,22,25)(H,23,26). The molecular formula is C21H23N3O5. The number of likely N-dealkylation sites (N-methyl/N-ethyl adjacent to an activating group) is 1. The van der Waals surface area contributed by atoms with Crippen molar-refractivity contribution >= 4 is 22.8 Å². The first-order valence-corrected chi connectivity index (χ1v) is 9.25. The summed E-state index contributed by atoms with van der Waals surface area (Å²) < 4.78 is 15.6. The fourth-order valence-corrected chi connectivity index (χ4v) is 2.94. The van der Waals surface area contributed by atoms with Crippen LogP contribution in [0.1, 0.15) is 12.2 Å². The van der Waals surface area contributed by atoms with Gasteiger partial charge < -0.3 is 24.6 Å². The summed E-state index contributed by atoms with van der Waals surface area (Å²) in [5.41, 5.74) is 1.71. The van der Waals surface area contributed by atoms with E-state index < -0.39 is 6.09 Å². The zero-order chi connectivity index (χ0) is 20.6. The van der Waals surface area contributed by atoms with E-state index in [-0.39, 0.29) is 12.5 Å². The topological polar surface area (TPSA) is 103 Å². The number of carbonyl (C=O) groups is 2. The maximum Gasteiger partial charge on any atom is 0.407 e. The second kappa shape index (κ2) is 9.59. The van der Waals surface area contributed by atoms with E-state index in [1.807, 2.05) is 42.5 Å². The molecule has 3 aromatic rings. The molecule has 0 fully saturated rings. The summed E-state index contributed by atoms with van der Waals surface area (Å²) in [7, 11) is 3.13. The third kappa shape index (κ3) is 5.04. The fraction of sp³-hybridized carbons (Fsp3) is 0.286. The second-order valence-electron chi connectivity index (χ2n) is 6.32. The molecule has 2 N–H and O–H groups in total. The number of aryl methyl sites for hydroxylation is 1. The Morgan fingerprint density at radius 1 is 1.14 bits per heavy atom. The van der Waals surface area contributed by atoms with Crippen LogP contribution in [-0.2, 0) is 16.0 Å². The van der Waals surface area contributed by atoms with E-state index in [1.165, 1.54) is 7.05 Å². The fourth-order valence-electron chi connectivity index (χ4n) is 2.94. The van der Waals surface area contributed by atoms with E-state index in [2.05, 4.69) is 15.8 Å². The number of carbonyl (C=O) groups excluding carboxylic acids is 2. The van der Waals surface area contributed by atoms with Gasteiger partial charge >= 0.3 is 6.09 Å². The molecule has 0 saturated carbocycles. The summed E-state index contributed by atoms with van der Waals surface area (Å²) in [5, 5.41) is 11.2. The molecule has 0 aliphatic heterocycles. The lowest BCUT2D eigenvalue weighted by Crippen LogP contribution is -2.31. The van der Waals surface area contributed by atoms with Crippen molar-refractivity contribution in [3.8, 4) is 17.0 Å². The van der Waals surface area contributed by atoms with E-state index in [9.17, 15) is 9.59 Å². The number of ether oxygens (including phenoxy) is 2. The van der Waals surface area contributed by atoms with Crippen LogP contribution in [0.15, 0.2) is 47.0 Å². The van der Waals surface area contributed by atoms with Crippen molar-refractivity contribution in [3.63, 3.8) is 0 Å². The quantitative estimate of drug-likeness (QED) is 0.567. The maximum absolute atomic E-state index is 11.5. The Bertz CT molecular complexity index is 999. The van der Waals surface area contributed by atoms with Crippen LogP contribution >= 0.6 is 0 Å². The average molecular weight is 397 g/mol. The van der Waals surface area contributed by atoms with Gasteiger partial charge in [-0.05, 0) is 23.9 Å². The van der Waals surface area contributed by atoms with Crippen LogP contribution in [0.5, 0.6) is 5.75 Å². The number of methoxy groups -OCH3 is 1. The van der Waals surface area contributed by atoms with Crippen molar-refractivity contribution in [2.45, 2.75) is 12.8 Å². The number of hydrogen-bond donors (Lipinski definition) is 2. The Labute approximate surface area is 168 Å². The van der Waals surface area contributed by atoms with Crippen LogP contribution in [0.2, 0.25) is 0 Å². The third-order valence-corrected chi connectivity index (χ3v) is 4.42. The van der Waals surface area contributed by atoms with Crippen molar-refractivity contribution in [2.24, 2.45) is 0 Å². The summed E-state index contributed by atoms with van der Waals surface area (Å²) in [6, 6.07) is 13.8. The number of amides is 2. The molecule has 0 unspecified atom stereocenters. The minimum atomic E-state index is -0.628. The molecule has 2 amide bonds. The molecular weight excluding hydrogens is 374 g/mol. The number of nitrogens with one attached hydrogen (secondary N) is 2. The van der Waals surface area contributed by atoms with Gasteiger partial charge in [0.25, 0.3) is 5.91 Å². The number of fused-ring (bicyclic) bond motifs is 1. The van der Waals surface area contributed by atoms with Crippen LogP contribution in [0.25, 0.3) is 22.0 Å². The zero-order valence-electron chi connectivity index (χ0n) is 16.4. The Morgan fingerprint density at radius 2 is 1.93 bits per heavy atom. The molecule has 0 atom stereocenters. The maximum atomic E-state index is 11.5. The lowest BCUT2D eigenvalue weighted by Gasteiger charge is -2.08. The molecule has 0 spiro atoms. The number of rotatable bonds is 8. The van der Waals surface area contributed by atoms with Crippen LogP contribution in [0.3, 0.4) is 0 Å². The highest BCUT2D eigenvalue weighted by Gasteiger charge is 2.12. The summed E-state index contributed by atoms with van der Waals surface area (Å²) in [6.45, 7) is 0.0949. The number of nitrogens with zero attached hydrogens (tertiary/aromatic N) is 1. The lowest BCUT2D eigenvalue weighted by atomic mass is 10.0. The van der Waals surface area contributed by atoms with Gasteiger partial charge in [-0.3, -0.25) is 4.79 Å². The molecule has 0 saturated heterocycles. The first-order valence-electron chi connectivity index (χ1n) is 9.25. The smallest absolute Gasteiger partial charge is 0.407 e. The molecule has 2 aromatic carbocycles. The van der Waals surface area contributed by atoms with Crippen LogP contribution in [-0.4, -0.2) is 44.5 Å². The van der Waals surface area contributed by atoms with E-state index >= 15 is 0 Å². The molecule has 8 heteroatoms. The van der Waals surface area contributed by atoms with Gasteiger partial charge in [-0.1, -0.05) is 29.4 Å². The minimum Gasteiger partial charge on any atom is -0.496 e. The summed E-state index contributed by atoms with van der Waals surface area (Å²) >= 11 is 0. The Balaban J connectivity index is 1.57. The molecule has 1 aromatic heterocycles. The van der Waals surface area contributed by atoms with Crippen LogP contribution in [0.4, 0.5) is 4.79 Å². The lowest BCUT2D eigenvalue weighted by molar-refractivity contribution is -0.123. The molecule has 0 bridgehead atoms. The van der Waals surface area contributed by atoms with Gasteiger partial charge in [0.2, 0.25) is 0 Å². The Morgan fingerprint density at radius 3 is 2.69 bits per heavy atom. The van der Waals surface area contributed by atoms with Gasteiger partial charge in [-0.2, -0.15) is 0 Å². The number of hydrogen-bond acceptors (Lipinski definition) is 6. The van der Waals surface area contributed by atoms with Gasteiger partial charge in [-0.25, -0.2) is 4.79 Å². The largest absolute Gasteiger partial charge is 0.496 e. The predicted octanol–water partition coefficient (Wildman–Crippen LogP) is 2.91. The SMILES string of the molecule is CNC(=O)COC(=O)NCCCc1cc(-c2ccc(OC)c3ccccc23)no1. The minimum absolute atomic E-state index is 0.302. The highest BCUT2D eigenvalue weighted by Crippen LogP contribution is 2.34. The molecule has 0 aliphatic rings. The number of alkyl carbamates (subject to hydrolysis) is 1. The van der Waals surface area contributed by atoms with Crippen molar-refractivity contribution < 1.29 is 23.6 Å². The normalized spacial score (nSPS) is 10.6. The molecule has 1 heterocycles. The second-order valence-corrected chi connectivity index (χ2v) is 6.32. The molecule has 152 valence electrons. The Hall–Kier alpha value is -3.55. The molecule has 29 heavy (non-hydrogen) atoms. The van der Waals surface area contributed by atoms with Gasteiger partial charge in [0.05, 0.1) is 7.11 Å². The molecule has 3 rings (SSSR count). The van der Waals surface area contributed by atoms with E-state index in [0.29, 0.717) is 19.4 Å². The van der Waals surface area contributed by atoms with E-state index in [0.717, 1.165) is 33.5 Å². The number of aromatic nitrogens is 1. The van der Waals surface area contributed by atoms with Gasteiger partial charge in [0, 0.05) is 37.0 Å². The van der Waals surface area contributed by atoms with Crippen molar-refractivity contribution in [1.82, 2.24) is 15.8 Å². The van der Waals surface area contributed by atoms with Gasteiger partial charge in [-0.15, -0.1) is 0 Å². The van der Waals surface area contributed by atoms with Gasteiger partial charge in [0.15, 0.2) is 6.61 Å². The first-order chi connectivity index (χ1) is 14.1. The average Bonchev–Trinajstić information content (AvgIpc) is 3.22. The highest BCUT2D eigenvalue weighted by molar-refractivity contribution is 5.99. The summed E-state index contributed by atoms with van der Waals surface area (Å²) in [5.74, 6) is 1.17. The summed E-state index contributed by atoms with van der Waals surface area (Å²) in [6.07, 6.45) is 0.626. The molecule has 8 nitrogen and oxygen atoms in total. The summed E-state index contributed by atoms with van der Waals surface area (Å²) in [4.78, 5) is 22.5. The van der Waals surface area contributed by atoms with Crippen molar-refractivity contribution in [3.05, 3.63) is 48.2 Å². The van der Waals surface area contributed by atoms with Gasteiger partial charge in [0.1, 0.15) is 17.2 Å². The molecule has 0 aliphatic carbocycles. The first kappa shape index (κ1) is 20.2. The zero-order valence-corrected chi connectivity index (χ0v) is 16.4. The third-order valence-electron chi connectivity index (χ3n) is 4.42. The van der Waals surface area contributed by atoms with Crippen LogP contribution < -0.4 is 15.4 Å². The molecule has 0 radical (unpaired) electrons. The van der Waals surface area contributed by atoms with Crippen molar-refractivity contribution in [1.29, 1.82) is 0 Å². The van der Waals surface area contributed by atoms with Crippen LogP contribution in [0, 0.1) is 0 Å². The Kier molecular flexibility index (Phi) is 6.67. The van der Waals surface area contributed by atoms with E-state index in [4.69, 9.17) is 14.0 Å². The monoisotopic (exact) mass is 397 g/mol. The predicted molar refractivity (Wildman–Crippen MR) is 108 cm³/mol.